The molecule has 0 aliphatic rings. The molecule has 0 aromatic heterocycles. The van der Waals surface area contributed by atoms with Crippen molar-refractivity contribution in [3.05, 3.63) is 35.9 Å². The zero-order chi connectivity index (χ0) is 11.1. The number of likely N-dealkylation sites (N-methyl/N-ethyl adjacent to an activating group) is 1. The Labute approximate surface area is 100 Å². The Bertz CT molecular complexity index is 266. The molecule has 0 fully saturated rings. The maximum Gasteiger partial charge on any atom is 0.0763 e. The van der Waals surface area contributed by atoms with Crippen molar-refractivity contribution in [1.82, 2.24) is 4.90 Å². The molecule has 1 aromatic rings. The van der Waals surface area contributed by atoms with Crippen LogP contribution in [-0.4, -0.2) is 34.5 Å². The summed E-state index contributed by atoms with van der Waals surface area (Å²) < 4.78 is 0. The number of alkyl halides is 1. The van der Waals surface area contributed by atoms with Gasteiger partial charge in [0.2, 0.25) is 0 Å². The number of benzene rings is 1. The fourth-order valence-electron chi connectivity index (χ4n) is 1.49. The summed E-state index contributed by atoms with van der Waals surface area (Å²) in [5.41, 5.74) is 1.29. The molecule has 0 saturated carbocycles. The molecule has 0 radical (unpaired) electrons. The van der Waals surface area contributed by atoms with E-state index >= 15 is 0 Å². The Morgan fingerprint density at radius 2 is 2.00 bits per heavy atom. The highest BCUT2D eigenvalue weighted by Gasteiger charge is 2.09. The molecule has 2 nitrogen and oxygen atoms in total. The van der Waals surface area contributed by atoms with E-state index < -0.39 is 0 Å². The monoisotopic (exact) mass is 271 g/mol. The largest absolute Gasteiger partial charge is 0.391 e. The molecule has 0 saturated heterocycles. The molecule has 1 atom stereocenters. The van der Waals surface area contributed by atoms with Crippen LogP contribution in [0, 0.1) is 0 Å². The van der Waals surface area contributed by atoms with Gasteiger partial charge in [-0.2, -0.15) is 0 Å². The lowest BCUT2D eigenvalue weighted by molar-refractivity contribution is 0.130. The van der Waals surface area contributed by atoms with E-state index in [0.717, 1.165) is 19.6 Å². The van der Waals surface area contributed by atoms with Crippen LogP contribution < -0.4 is 0 Å². The average Bonchev–Trinajstić information content (AvgIpc) is 2.29. The number of nitrogens with zero attached hydrogens (tertiary/aromatic N) is 1. The van der Waals surface area contributed by atoms with E-state index in [9.17, 15) is 5.11 Å². The first kappa shape index (κ1) is 12.7. The normalized spacial score (nSPS) is 13.1. The average molecular weight is 272 g/mol. The minimum Gasteiger partial charge on any atom is -0.391 e. The van der Waals surface area contributed by atoms with Gasteiger partial charge in [0.25, 0.3) is 0 Å². The first-order chi connectivity index (χ1) is 7.26. The van der Waals surface area contributed by atoms with Crippen LogP contribution in [0.3, 0.4) is 0 Å². The van der Waals surface area contributed by atoms with Gasteiger partial charge in [-0.25, -0.2) is 0 Å². The maximum atomic E-state index is 9.55. The van der Waals surface area contributed by atoms with Gasteiger partial charge in [0, 0.05) is 18.4 Å². The van der Waals surface area contributed by atoms with Crippen LogP contribution in [0.2, 0.25) is 0 Å². The topological polar surface area (TPSA) is 23.5 Å². The van der Waals surface area contributed by atoms with Gasteiger partial charge in [-0.3, -0.25) is 4.90 Å². The van der Waals surface area contributed by atoms with Crippen molar-refractivity contribution < 1.29 is 5.11 Å². The fraction of sp³-hybridized carbons (Fsp3) is 0.500. The predicted molar refractivity (Wildman–Crippen MR) is 67.2 cm³/mol. The van der Waals surface area contributed by atoms with E-state index in [-0.39, 0.29) is 6.10 Å². The van der Waals surface area contributed by atoms with Gasteiger partial charge in [-0.05, 0) is 12.1 Å². The molecule has 15 heavy (non-hydrogen) atoms. The van der Waals surface area contributed by atoms with Crippen LogP contribution in [0.5, 0.6) is 0 Å². The summed E-state index contributed by atoms with van der Waals surface area (Å²) in [5, 5.41) is 10.2. The highest BCUT2D eigenvalue weighted by Crippen LogP contribution is 2.05. The van der Waals surface area contributed by atoms with E-state index in [1.165, 1.54) is 5.56 Å². The quantitative estimate of drug-likeness (QED) is 0.803. The van der Waals surface area contributed by atoms with E-state index in [1.54, 1.807) is 0 Å². The van der Waals surface area contributed by atoms with Crippen molar-refractivity contribution in [3.8, 4) is 0 Å². The number of aliphatic hydroxyl groups excluding tert-OH is 1. The molecule has 0 heterocycles. The Balaban J connectivity index is 2.47. The third kappa shape index (κ3) is 4.78. The van der Waals surface area contributed by atoms with Crippen molar-refractivity contribution in [2.45, 2.75) is 19.6 Å². The molecular weight excluding hydrogens is 254 g/mol. The molecule has 0 bridgehead atoms. The minimum atomic E-state index is -0.284. The molecule has 0 spiro atoms. The third-order valence-corrected chi connectivity index (χ3v) is 3.09. The second-order valence-corrected chi connectivity index (χ2v) is 4.27. The molecule has 0 aliphatic heterocycles. The van der Waals surface area contributed by atoms with E-state index in [4.69, 9.17) is 0 Å². The van der Waals surface area contributed by atoms with Gasteiger partial charge in [0.1, 0.15) is 0 Å². The highest BCUT2D eigenvalue weighted by atomic mass is 79.9. The number of hydrogen-bond acceptors (Lipinski definition) is 2. The molecule has 1 unspecified atom stereocenters. The molecule has 1 N–H and O–H groups in total. The second-order valence-electron chi connectivity index (χ2n) is 3.62. The third-order valence-electron chi connectivity index (χ3n) is 2.34. The number of rotatable bonds is 6. The summed E-state index contributed by atoms with van der Waals surface area (Å²) in [6.45, 7) is 4.70. The SMILES string of the molecule is CCN(Cc1ccccc1)CC(O)CBr. The molecule has 0 aliphatic carbocycles. The van der Waals surface area contributed by atoms with Crippen molar-refractivity contribution in [1.29, 1.82) is 0 Å². The Kier molecular flexibility index (Phi) is 5.91. The van der Waals surface area contributed by atoms with Crippen molar-refractivity contribution >= 4 is 15.9 Å². The molecule has 3 heteroatoms. The van der Waals surface area contributed by atoms with E-state index in [1.807, 2.05) is 18.2 Å². The van der Waals surface area contributed by atoms with Crippen LogP contribution in [0.1, 0.15) is 12.5 Å². The van der Waals surface area contributed by atoms with Crippen LogP contribution in [0.15, 0.2) is 30.3 Å². The molecule has 1 rings (SSSR count). The van der Waals surface area contributed by atoms with Gasteiger partial charge < -0.3 is 5.11 Å². The van der Waals surface area contributed by atoms with Crippen molar-refractivity contribution in [2.75, 3.05) is 18.4 Å². The van der Waals surface area contributed by atoms with Crippen LogP contribution in [-0.2, 0) is 6.54 Å². The van der Waals surface area contributed by atoms with Crippen LogP contribution in [0.4, 0.5) is 0 Å². The van der Waals surface area contributed by atoms with Gasteiger partial charge in [0.15, 0.2) is 0 Å². The lowest BCUT2D eigenvalue weighted by Gasteiger charge is -2.22. The second kappa shape index (κ2) is 6.99. The summed E-state index contributed by atoms with van der Waals surface area (Å²) in [4.78, 5) is 2.24. The van der Waals surface area contributed by atoms with Gasteiger partial charge >= 0.3 is 0 Å². The predicted octanol–water partition coefficient (Wildman–Crippen LogP) is 2.26. The highest BCUT2D eigenvalue weighted by molar-refractivity contribution is 9.09. The number of aliphatic hydroxyl groups is 1. The van der Waals surface area contributed by atoms with Gasteiger partial charge in [0.05, 0.1) is 6.10 Å². The van der Waals surface area contributed by atoms with E-state index in [0.29, 0.717) is 5.33 Å². The summed E-state index contributed by atoms with van der Waals surface area (Å²) in [7, 11) is 0. The lowest BCUT2D eigenvalue weighted by Crippen LogP contribution is -2.32. The van der Waals surface area contributed by atoms with Crippen LogP contribution >= 0.6 is 15.9 Å². The number of hydrogen-bond donors (Lipinski definition) is 1. The maximum absolute atomic E-state index is 9.55. The molecule has 1 aromatic carbocycles. The van der Waals surface area contributed by atoms with Gasteiger partial charge in [-0.1, -0.05) is 53.2 Å². The number of halogens is 1. The summed E-state index contributed by atoms with van der Waals surface area (Å²) in [5.74, 6) is 0. The smallest absolute Gasteiger partial charge is 0.0763 e. The van der Waals surface area contributed by atoms with Crippen molar-refractivity contribution in [3.63, 3.8) is 0 Å². The zero-order valence-corrected chi connectivity index (χ0v) is 10.7. The summed E-state index contributed by atoms with van der Waals surface area (Å²) in [6, 6.07) is 10.3. The van der Waals surface area contributed by atoms with Crippen LogP contribution in [0.25, 0.3) is 0 Å². The Hall–Kier alpha value is -0.380. The molecule has 84 valence electrons. The standard InChI is InChI=1S/C12H18BrNO/c1-2-14(10-12(15)8-13)9-11-6-4-3-5-7-11/h3-7,12,15H,2,8-10H2,1H3. The summed E-state index contributed by atoms with van der Waals surface area (Å²) >= 11 is 3.28. The molecular formula is C12H18BrNO. The lowest BCUT2D eigenvalue weighted by atomic mass is 10.2. The Morgan fingerprint density at radius 1 is 1.33 bits per heavy atom. The molecule has 0 amide bonds. The minimum absolute atomic E-state index is 0.284. The Morgan fingerprint density at radius 3 is 2.53 bits per heavy atom. The first-order valence-electron chi connectivity index (χ1n) is 5.26. The first-order valence-corrected chi connectivity index (χ1v) is 6.38. The van der Waals surface area contributed by atoms with Gasteiger partial charge in [-0.15, -0.1) is 0 Å². The van der Waals surface area contributed by atoms with Crippen molar-refractivity contribution in [2.24, 2.45) is 0 Å². The van der Waals surface area contributed by atoms with E-state index in [2.05, 4.69) is 39.9 Å². The zero-order valence-electron chi connectivity index (χ0n) is 9.06. The fourth-order valence-corrected chi connectivity index (χ4v) is 1.70. The summed E-state index contributed by atoms with van der Waals surface area (Å²) in [6.07, 6.45) is -0.284.